The molecule has 0 saturated carbocycles. The van der Waals surface area contributed by atoms with E-state index in [0.29, 0.717) is 5.56 Å². The van der Waals surface area contributed by atoms with E-state index >= 15 is 0 Å². The zero-order chi connectivity index (χ0) is 15.3. The Morgan fingerprint density at radius 1 is 1.18 bits per heavy atom. The largest absolute Gasteiger partial charge is 0.384 e. The van der Waals surface area contributed by atoms with Gasteiger partial charge in [0.1, 0.15) is 11.4 Å². The van der Waals surface area contributed by atoms with Crippen LogP contribution in [0.25, 0.3) is 0 Å². The molecule has 0 saturated heterocycles. The third-order valence-corrected chi connectivity index (χ3v) is 3.07. The number of nitrogens with two attached hydrogens (primary N) is 1. The number of halogens is 2. The van der Waals surface area contributed by atoms with Gasteiger partial charge in [-0.2, -0.15) is 0 Å². The number of aliphatic imine (C=N–C) groups is 1. The third kappa shape index (κ3) is 5.27. The normalized spacial score (nSPS) is 13.9. The summed E-state index contributed by atoms with van der Waals surface area (Å²) in [7, 11) is 0. The second kappa shape index (κ2) is 8.09. The number of nitrogens with zero attached hydrogens (tertiary/aromatic N) is 1. The van der Waals surface area contributed by atoms with Crippen molar-refractivity contribution >= 4 is 35.6 Å². The summed E-state index contributed by atoms with van der Waals surface area (Å²) in [6.07, 6.45) is 0. The van der Waals surface area contributed by atoms with Crippen molar-refractivity contribution in [2.24, 2.45) is 10.7 Å². The number of anilines is 1. The predicted octanol–water partition coefficient (Wildman–Crippen LogP) is 3.08. The molecule has 0 aliphatic rings. The van der Waals surface area contributed by atoms with Gasteiger partial charge in [-0.05, 0) is 36.8 Å². The number of nitrogens with one attached hydrogen (secondary N) is 1. The van der Waals surface area contributed by atoms with Crippen molar-refractivity contribution in [1.29, 1.82) is 0 Å². The van der Waals surface area contributed by atoms with Gasteiger partial charge in [0.2, 0.25) is 0 Å². The topological polar surface area (TPSA) is 70.6 Å². The van der Waals surface area contributed by atoms with Crippen molar-refractivity contribution in [3.8, 4) is 0 Å². The summed E-state index contributed by atoms with van der Waals surface area (Å²) in [4.78, 5) is 4.13. The standard InChI is InChI=1S/C16H18FN3O.HI/c1-16(21,12-7-9-13(17)10-8-12)11-19-15(18)20-14-5-3-2-4-6-14;/h2-10,21H,11H2,1H3,(H3,18,19,20);1H. The molecule has 4 N–H and O–H groups in total. The lowest BCUT2D eigenvalue weighted by molar-refractivity contribution is 0.0673. The van der Waals surface area contributed by atoms with E-state index in [2.05, 4.69) is 10.3 Å². The molecule has 0 amide bonds. The molecule has 0 aliphatic heterocycles. The maximum atomic E-state index is 12.9. The molecule has 6 heteroatoms. The first-order chi connectivity index (χ1) is 9.97. The highest BCUT2D eigenvalue weighted by Gasteiger charge is 2.22. The number of rotatable bonds is 4. The van der Waals surface area contributed by atoms with Crippen molar-refractivity contribution < 1.29 is 9.50 Å². The molecule has 0 aliphatic carbocycles. The summed E-state index contributed by atoms with van der Waals surface area (Å²) in [5, 5.41) is 13.3. The molecule has 0 heterocycles. The van der Waals surface area contributed by atoms with Crippen molar-refractivity contribution in [1.82, 2.24) is 0 Å². The number of hydrogen-bond donors (Lipinski definition) is 3. The van der Waals surface area contributed by atoms with Gasteiger partial charge in [-0.3, -0.25) is 0 Å². The maximum absolute atomic E-state index is 12.9. The van der Waals surface area contributed by atoms with Crippen LogP contribution in [0, 0.1) is 5.82 Å². The molecule has 1 atom stereocenters. The van der Waals surface area contributed by atoms with Gasteiger partial charge in [0, 0.05) is 5.69 Å². The molecule has 2 rings (SSSR count). The lowest BCUT2D eigenvalue weighted by Crippen LogP contribution is -2.29. The van der Waals surface area contributed by atoms with E-state index in [1.54, 1.807) is 6.92 Å². The Labute approximate surface area is 146 Å². The van der Waals surface area contributed by atoms with Gasteiger partial charge in [0.15, 0.2) is 5.96 Å². The fourth-order valence-electron chi connectivity index (χ4n) is 1.85. The van der Waals surface area contributed by atoms with Crippen LogP contribution in [0.4, 0.5) is 10.1 Å². The van der Waals surface area contributed by atoms with Gasteiger partial charge < -0.3 is 16.2 Å². The zero-order valence-electron chi connectivity index (χ0n) is 12.2. The number of hydrogen-bond acceptors (Lipinski definition) is 2. The van der Waals surface area contributed by atoms with E-state index in [4.69, 9.17) is 5.73 Å². The first kappa shape index (κ1) is 18.4. The lowest BCUT2D eigenvalue weighted by atomic mass is 9.96. The zero-order valence-corrected chi connectivity index (χ0v) is 14.5. The van der Waals surface area contributed by atoms with Crippen LogP contribution in [0.5, 0.6) is 0 Å². The van der Waals surface area contributed by atoms with Crippen LogP contribution in [-0.4, -0.2) is 17.6 Å². The molecular formula is C16H19FIN3O. The summed E-state index contributed by atoms with van der Waals surface area (Å²) in [5.41, 5.74) is 5.97. The van der Waals surface area contributed by atoms with Crippen LogP contribution in [0.15, 0.2) is 59.6 Å². The fraction of sp³-hybridized carbons (Fsp3) is 0.188. The van der Waals surface area contributed by atoms with Gasteiger partial charge in [-0.1, -0.05) is 30.3 Å². The average Bonchev–Trinajstić information content (AvgIpc) is 2.47. The number of guanidine groups is 1. The number of para-hydroxylation sites is 1. The Hall–Kier alpha value is -1.67. The minimum Gasteiger partial charge on any atom is -0.384 e. The Morgan fingerprint density at radius 3 is 2.36 bits per heavy atom. The van der Waals surface area contributed by atoms with Crippen LogP contribution in [0.1, 0.15) is 12.5 Å². The third-order valence-electron chi connectivity index (χ3n) is 3.07. The van der Waals surface area contributed by atoms with Crippen molar-refractivity contribution in [3.05, 3.63) is 66.0 Å². The van der Waals surface area contributed by atoms with Crippen molar-refractivity contribution in [2.75, 3.05) is 11.9 Å². The van der Waals surface area contributed by atoms with Gasteiger partial charge in [0.25, 0.3) is 0 Å². The SMILES string of the molecule is CC(O)(CN=C(N)Nc1ccccc1)c1ccc(F)cc1.I. The number of benzene rings is 2. The molecule has 0 aromatic heterocycles. The molecule has 0 spiro atoms. The first-order valence-corrected chi connectivity index (χ1v) is 6.58. The van der Waals surface area contributed by atoms with E-state index in [-0.39, 0.29) is 42.3 Å². The van der Waals surface area contributed by atoms with E-state index in [1.165, 1.54) is 24.3 Å². The molecule has 2 aromatic carbocycles. The highest BCUT2D eigenvalue weighted by atomic mass is 127. The summed E-state index contributed by atoms with van der Waals surface area (Å²) >= 11 is 0. The van der Waals surface area contributed by atoms with Crippen LogP contribution >= 0.6 is 24.0 Å². The molecule has 0 bridgehead atoms. The first-order valence-electron chi connectivity index (χ1n) is 6.58. The molecule has 0 fully saturated rings. The van der Waals surface area contributed by atoms with Gasteiger partial charge in [-0.25, -0.2) is 9.38 Å². The van der Waals surface area contributed by atoms with Gasteiger partial charge >= 0.3 is 0 Å². The maximum Gasteiger partial charge on any atom is 0.193 e. The van der Waals surface area contributed by atoms with Crippen molar-refractivity contribution in [2.45, 2.75) is 12.5 Å². The van der Waals surface area contributed by atoms with E-state index in [9.17, 15) is 9.50 Å². The molecule has 1 unspecified atom stereocenters. The molecule has 22 heavy (non-hydrogen) atoms. The number of aliphatic hydroxyl groups is 1. The second-order valence-corrected chi connectivity index (χ2v) is 4.97. The molecule has 118 valence electrons. The monoisotopic (exact) mass is 415 g/mol. The molecule has 2 aromatic rings. The van der Waals surface area contributed by atoms with E-state index in [0.717, 1.165) is 5.69 Å². The fourth-order valence-corrected chi connectivity index (χ4v) is 1.85. The van der Waals surface area contributed by atoms with Crippen LogP contribution in [0.3, 0.4) is 0 Å². The Balaban J connectivity index is 0.00000242. The summed E-state index contributed by atoms with van der Waals surface area (Å²) in [5.74, 6) is -0.133. The smallest absolute Gasteiger partial charge is 0.193 e. The Kier molecular flexibility index (Phi) is 6.76. The highest BCUT2D eigenvalue weighted by molar-refractivity contribution is 14.0. The van der Waals surface area contributed by atoms with E-state index < -0.39 is 5.60 Å². The summed E-state index contributed by atoms with van der Waals surface area (Å²) in [6.45, 7) is 1.68. The van der Waals surface area contributed by atoms with Crippen LogP contribution in [-0.2, 0) is 5.60 Å². The minimum atomic E-state index is -1.21. The summed E-state index contributed by atoms with van der Waals surface area (Å²) < 4.78 is 12.9. The van der Waals surface area contributed by atoms with Gasteiger partial charge in [-0.15, -0.1) is 24.0 Å². The molecular weight excluding hydrogens is 396 g/mol. The Morgan fingerprint density at radius 2 is 1.77 bits per heavy atom. The van der Waals surface area contributed by atoms with Crippen LogP contribution in [0.2, 0.25) is 0 Å². The van der Waals surface area contributed by atoms with E-state index in [1.807, 2.05) is 30.3 Å². The minimum absolute atomic E-state index is 0. The highest BCUT2D eigenvalue weighted by Crippen LogP contribution is 2.21. The van der Waals surface area contributed by atoms with Crippen molar-refractivity contribution in [3.63, 3.8) is 0 Å². The Bertz CT molecular complexity index is 615. The second-order valence-electron chi connectivity index (χ2n) is 4.97. The summed E-state index contributed by atoms with van der Waals surface area (Å²) in [6, 6.07) is 15.1. The molecule has 4 nitrogen and oxygen atoms in total. The quantitative estimate of drug-likeness (QED) is 0.409. The van der Waals surface area contributed by atoms with Gasteiger partial charge in [0.05, 0.1) is 6.54 Å². The predicted molar refractivity (Wildman–Crippen MR) is 97.9 cm³/mol. The van der Waals surface area contributed by atoms with Crippen LogP contribution < -0.4 is 11.1 Å². The molecule has 0 radical (unpaired) electrons. The average molecular weight is 415 g/mol. The lowest BCUT2D eigenvalue weighted by Gasteiger charge is -2.22.